The minimum Gasteiger partial charge on any atom is -0.462 e. The average Bonchev–Trinajstić information content (AvgIpc) is 3.35. The second kappa shape index (κ2) is 53.0. The number of hydrogen-bond donors (Lipinski definition) is 2. The van der Waals surface area contributed by atoms with Crippen molar-refractivity contribution in [3.63, 3.8) is 0 Å². The van der Waals surface area contributed by atoms with E-state index in [4.69, 9.17) is 23.3 Å². The molecule has 2 N–H and O–H groups in total. The number of phosphoric acid groups is 1. The quantitative estimate of drug-likeness (QED) is 0.0197. The highest BCUT2D eigenvalue weighted by Crippen LogP contribution is 2.43. The summed E-state index contributed by atoms with van der Waals surface area (Å²) < 4.78 is 39.5. The molecule has 11 nitrogen and oxygen atoms in total. The molecule has 3 unspecified atom stereocenters. The lowest BCUT2D eigenvalue weighted by molar-refractivity contribution is -0.161. The number of rotatable bonds is 54. The van der Waals surface area contributed by atoms with Gasteiger partial charge in [0, 0.05) is 19.3 Å². The van der Waals surface area contributed by atoms with E-state index >= 15 is 0 Å². The summed E-state index contributed by atoms with van der Waals surface area (Å²) in [7, 11) is -4.74. The van der Waals surface area contributed by atoms with Gasteiger partial charge in [-0.25, -0.2) is 4.57 Å². The molecule has 410 valence electrons. The van der Waals surface area contributed by atoms with E-state index in [0.717, 1.165) is 96.3 Å². The number of aliphatic hydroxyl groups excluding tert-OH is 1. The molecule has 0 saturated heterocycles. The van der Waals surface area contributed by atoms with Gasteiger partial charge in [0.25, 0.3) is 0 Å². The summed E-state index contributed by atoms with van der Waals surface area (Å²) in [4.78, 5) is 48.4. The van der Waals surface area contributed by atoms with Crippen molar-refractivity contribution in [2.24, 2.45) is 0 Å². The maximum Gasteiger partial charge on any atom is 0.472 e. The van der Waals surface area contributed by atoms with Gasteiger partial charge in [-0.15, -0.1) is 0 Å². The Morgan fingerprint density at radius 3 is 1.04 bits per heavy atom. The van der Waals surface area contributed by atoms with Crippen LogP contribution in [0.5, 0.6) is 0 Å². The molecule has 0 heterocycles. The fourth-order valence-corrected chi connectivity index (χ4v) is 8.82. The standard InChI is InChI=1S/C58H107O11P/c1-4-7-10-13-16-19-22-24-25-26-27-28-29-31-34-37-40-43-46-49-58(62)69-55(51-65-56(60)47-44-41-38-35-33-30-23-20-17-14-11-8-5-2)53-67-70(63,64)66-52-54(50-59)68-57(61)48-45-42-39-36-32-21-18-15-12-9-6-3/h15,18,20,23-25,54-55,59H,4-14,16-17,19,21-22,26-53H2,1-3H3,(H,63,64)/b18-15-,23-20-,25-24-. The van der Waals surface area contributed by atoms with Crippen molar-refractivity contribution in [2.75, 3.05) is 26.4 Å². The Kier molecular flexibility index (Phi) is 51.3. The summed E-state index contributed by atoms with van der Waals surface area (Å²) >= 11 is 0. The molecule has 0 aliphatic rings. The van der Waals surface area contributed by atoms with Crippen LogP contribution in [0.3, 0.4) is 0 Å². The van der Waals surface area contributed by atoms with E-state index in [0.29, 0.717) is 19.3 Å². The molecule has 0 bridgehead atoms. The van der Waals surface area contributed by atoms with E-state index in [1.54, 1.807) is 0 Å². The molecule has 0 saturated carbocycles. The summed E-state index contributed by atoms with van der Waals surface area (Å²) in [6.07, 6.45) is 53.9. The topological polar surface area (TPSA) is 155 Å². The van der Waals surface area contributed by atoms with Crippen molar-refractivity contribution >= 4 is 25.7 Å². The molecule has 70 heavy (non-hydrogen) atoms. The monoisotopic (exact) mass is 1010 g/mol. The van der Waals surface area contributed by atoms with Crippen LogP contribution in [0.15, 0.2) is 36.5 Å². The minimum absolute atomic E-state index is 0.166. The average molecular weight is 1010 g/mol. The molecule has 0 aliphatic heterocycles. The molecule has 0 aromatic heterocycles. The number of hydrogen-bond acceptors (Lipinski definition) is 10. The van der Waals surface area contributed by atoms with Crippen LogP contribution in [-0.4, -0.2) is 66.5 Å². The molecular formula is C58H107O11P. The van der Waals surface area contributed by atoms with Crippen LogP contribution < -0.4 is 0 Å². The number of aliphatic hydroxyl groups is 1. The largest absolute Gasteiger partial charge is 0.472 e. The van der Waals surface area contributed by atoms with Gasteiger partial charge in [0.1, 0.15) is 12.7 Å². The van der Waals surface area contributed by atoms with E-state index < -0.39 is 57.8 Å². The number of carbonyl (C=O) groups is 3. The van der Waals surface area contributed by atoms with Crippen molar-refractivity contribution in [3.8, 4) is 0 Å². The van der Waals surface area contributed by atoms with E-state index in [2.05, 4.69) is 57.2 Å². The van der Waals surface area contributed by atoms with Gasteiger partial charge in [0.05, 0.1) is 19.8 Å². The van der Waals surface area contributed by atoms with Gasteiger partial charge < -0.3 is 24.2 Å². The Balaban J connectivity index is 4.70. The van der Waals surface area contributed by atoms with E-state index in [1.807, 2.05) is 0 Å². The predicted molar refractivity (Wildman–Crippen MR) is 289 cm³/mol. The first-order valence-electron chi connectivity index (χ1n) is 28.9. The SMILES string of the molecule is CCCC/C=C\CCCCCCCC(=O)OC(CO)COP(=O)(O)OCC(COC(=O)CCCCCCC/C=C\CCCCCC)OC(=O)CCCCCCCCCCC/C=C\CCCCCCCC. The molecule has 0 fully saturated rings. The maximum absolute atomic E-state index is 12.9. The Morgan fingerprint density at radius 2 is 0.671 bits per heavy atom. The minimum atomic E-state index is -4.74. The summed E-state index contributed by atoms with van der Waals surface area (Å²) in [5.74, 6) is -1.47. The van der Waals surface area contributed by atoms with Crippen LogP contribution in [0.1, 0.15) is 278 Å². The lowest BCUT2D eigenvalue weighted by Gasteiger charge is -2.21. The van der Waals surface area contributed by atoms with Crippen molar-refractivity contribution in [1.29, 1.82) is 0 Å². The number of allylic oxidation sites excluding steroid dienone is 6. The van der Waals surface area contributed by atoms with Crippen LogP contribution in [0.2, 0.25) is 0 Å². The summed E-state index contributed by atoms with van der Waals surface area (Å²) in [5, 5.41) is 9.78. The van der Waals surface area contributed by atoms with E-state index in [9.17, 15) is 28.9 Å². The second-order valence-electron chi connectivity index (χ2n) is 19.4. The van der Waals surface area contributed by atoms with Crippen molar-refractivity contribution in [2.45, 2.75) is 290 Å². The summed E-state index contributed by atoms with van der Waals surface area (Å²) in [5.41, 5.74) is 0. The second-order valence-corrected chi connectivity index (χ2v) is 20.9. The highest BCUT2D eigenvalue weighted by Gasteiger charge is 2.28. The van der Waals surface area contributed by atoms with Gasteiger partial charge >= 0.3 is 25.7 Å². The first-order chi connectivity index (χ1) is 34.2. The first-order valence-corrected chi connectivity index (χ1v) is 30.4. The normalized spacial score (nSPS) is 13.6. The Bertz CT molecular complexity index is 1320. The van der Waals surface area contributed by atoms with Gasteiger partial charge in [0.15, 0.2) is 6.10 Å². The van der Waals surface area contributed by atoms with Crippen LogP contribution in [0.4, 0.5) is 0 Å². The fraction of sp³-hybridized carbons (Fsp3) is 0.845. The van der Waals surface area contributed by atoms with Gasteiger partial charge in [-0.1, -0.05) is 205 Å². The Labute approximate surface area is 429 Å². The Morgan fingerprint density at radius 1 is 0.386 bits per heavy atom. The number of carbonyl (C=O) groups excluding carboxylic acids is 3. The number of unbranched alkanes of at least 4 members (excludes halogenated alkanes) is 31. The fourth-order valence-electron chi connectivity index (χ4n) is 8.03. The van der Waals surface area contributed by atoms with Gasteiger partial charge in [-0.05, 0) is 89.9 Å². The summed E-state index contributed by atoms with van der Waals surface area (Å²) in [6, 6.07) is 0. The highest BCUT2D eigenvalue weighted by molar-refractivity contribution is 7.47. The molecule has 0 amide bonds. The molecule has 0 aliphatic carbocycles. The third kappa shape index (κ3) is 50.6. The molecule has 0 radical (unpaired) electrons. The van der Waals surface area contributed by atoms with Crippen molar-refractivity contribution in [1.82, 2.24) is 0 Å². The lowest BCUT2D eigenvalue weighted by atomic mass is 10.1. The van der Waals surface area contributed by atoms with Crippen LogP contribution >= 0.6 is 7.82 Å². The third-order valence-electron chi connectivity index (χ3n) is 12.5. The van der Waals surface area contributed by atoms with Crippen LogP contribution in [0.25, 0.3) is 0 Å². The molecule has 12 heteroatoms. The number of ether oxygens (including phenoxy) is 3. The predicted octanol–water partition coefficient (Wildman–Crippen LogP) is 16.8. The van der Waals surface area contributed by atoms with Gasteiger partial charge in [-0.3, -0.25) is 23.4 Å². The molecule has 0 spiro atoms. The third-order valence-corrected chi connectivity index (χ3v) is 13.5. The van der Waals surface area contributed by atoms with E-state index in [-0.39, 0.29) is 25.9 Å². The van der Waals surface area contributed by atoms with Gasteiger partial charge in [0.2, 0.25) is 0 Å². The first kappa shape index (κ1) is 67.7. The molecule has 0 aromatic carbocycles. The molecular weight excluding hydrogens is 904 g/mol. The highest BCUT2D eigenvalue weighted by atomic mass is 31.2. The van der Waals surface area contributed by atoms with Crippen molar-refractivity contribution < 1.29 is 52.2 Å². The zero-order chi connectivity index (χ0) is 51.3. The molecule has 0 aromatic rings. The van der Waals surface area contributed by atoms with Gasteiger partial charge in [-0.2, -0.15) is 0 Å². The van der Waals surface area contributed by atoms with Crippen molar-refractivity contribution in [3.05, 3.63) is 36.5 Å². The Hall–Kier alpha value is -2.30. The molecule has 0 rings (SSSR count). The molecule has 3 atom stereocenters. The summed E-state index contributed by atoms with van der Waals surface area (Å²) in [6.45, 7) is 4.59. The smallest absolute Gasteiger partial charge is 0.462 e. The van der Waals surface area contributed by atoms with E-state index in [1.165, 1.54) is 122 Å². The maximum atomic E-state index is 12.9. The number of esters is 3. The number of phosphoric ester groups is 1. The zero-order valence-electron chi connectivity index (χ0n) is 45.2. The lowest BCUT2D eigenvalue weighted by Crippen LogP contribution is -2.30. The van der Waals surface area contributed by atoms with Crippen LogP contribution in [0, 0.1) is 0 Å². The zero-order valence-corrected chi connectivity index (χ0v) is 46.1. The van der Waals surface area contributed by atoms with Crippen LogP contribution in [-0.2, 0) is 42.2 Å².